The molecular weight excluding hydrogens is 244 g/mol. The molecule has 2 aromatic heterocycles. The van der Waals surface area contributed by atoms with Crippen LogP contribution in [0.15, 0.2) is 21.8 Å². The predicted molar refractivity (Wildman–Crippen MR) is 63.3 cm³/mol. The fourth-order valence-electron chi connectivity index (χ4n) is 0.979. The number of rotatable bonds is 4. The third-order valence-electron chi connectivity index (χ3n) is 1.72. The molecule has 8 heteroatoms. The van der Waals surface area contributed by atoms with Crippen molar-refractivity contribution < 1.29 is 0 Å². The monoisotopic (exact) mass is 254 g/mol. The molecule has 84 valence electrons. The maximum atomic E-state index is 5.25. The zero-order valence-electron chi connectivity index (χ0n) is 8.54. The molecule has 0 spiro atoms. The van der Waals surface area contributed by atoms with E-state index < -0.39 is 0 Å². The smallest absolute Gasteiger partial charge is 0.176 e. The molecule has 0 aliphatic carbocycles. The second-order valence-corrected chi connectivity index (χ2v) is 4.84. The highest BCUT2D eigenvalue weighted by Gasteiger charge is 2.06. The number of aromatic nitrogens is 4. The van der Waals surface area contributed by atoms with Gasteiger partial charge in [0, 0.05) is 6.42 Å². The Kier molecular flexibility index (Phi) is 3.65. The molecule has 2 heterocycles. The summed E-state index contributed by atoms with van der Waals surface area (Å²) in [5, 5.41) is 0.745. The first-order valence-electron chi connectivity index (χ1n) is 4.61. The largest absolute Gasteiger partial charge is 0.307 e. The summed E-state index contributed by atoms with van der Waals surface area (Å²) in [6.07, 6.45) is 4.06. The van der Waals surface area contributed by atoms with Crippen LogP contribution in [-0.2, 0) is 6.42 Å². The van der Waals surface area contributed by atoms with Gasteiger partial charge in [-0.25, -0.2) is 15.8 Å². The van der Waals surface area contributed by atoms with Gasteiger partial charge in [0.2, 0.25) is 0 Å². The highest BCUT2D eigenvalue weighted by atomic mass is 32.2. The number of nitrogens with zero attached hydrogens (tertiary/aromatic N) is 4. The van der Waals surface area contributed by atoms with Gasteiger partial charge in [0.25, 0.3) is 0 Å². The molecule has 0 aliphatic rings. The number of hydrogen-bond acceptors (Lipinski definition) is 8. The zero-order valence-corrected chi connectivity index (χ0v) is 10.2. The second-order valence-electron chi connectivity index (χ2n) is 2.82. The van der Waals surface area contributed by atoms with Crippen molar-refractivity contribution in [1.29, 1.82) is 0 Å². The van der Waals surface area contributed by atoms with Crippen LogP contribution in [0.1, 0.15) is 12.7 Å². The lowest BCUT2D eigenvalue weighted by molar-refractivity contribution is 0.968. The Morgan fingerprint density at radius 1 is 1.44 bits per heavy atom. The van der Waals surface area contributed by atoms with E-state index in [1.165, 1.54) is 23.3 Å². The number of nitrogens with one attached hydrogen (secondary N) is 1. The van der Waals surface area contributed by atoms with Gasteiger partial charge < -0.3 is 5.43 Å². The minimum atomic E-state index is 0.533. The molecule has 0 amide bonds. The van der Waals surface area contributed by atoms with Gasteiger partial charge >= 0.3 is 0 Å². The van der Waals surface area contributed by atoms with Crippen molar-refractivity contribution in [3.63, 3.8) is 0 Å². The molecule has 0 unspecified atom stereocenters. The van der Waals surface area contributed by atoms with Gasteiger partial charge in [-0.3, -0.25) is 4.98 Å². The maximum Gasteiger partial charge on any atom is 0.176 e. The fourth-order valence-corrected chi connectivity index (χ4v) is 2.58. The molecule has 0 fully saturated rings. The van der Waals surface area contributed by atoms with Gasteiger partial charge in [-0.1, -0.05) is 6.92 Å². The van der Waals surface area contributed by atoms with Crippen molar-refractivity contribution in [2.45, 2.75) is 22.7 Å². The molecule has 2 aromatic rings. The summed E-state index contributed by atoms with van der Waals surface area (Å²) >= 11 is 2.79. The first-order chi connectivity index (χ1) is 7.81. The van der Waals surface area contributed by atoms with E-state index in [0.717, 1.165) is 21.6 Å². The van der Waals surface area contributed by atoms with Crippen molar-refractivity contribution in [1.82, 2.24) is 19.3 Å². The van der Waals surface area contributed by atoms with Crippen LogP contribution < -0.4 is 11.3 Å². The minimum absolute atomic E-state index is 0.533. The summed E-state index contributed by atoms with van der Waals surface area (Å²) in [5.74, 6) is 6.64. The number of aryl methyl sites for hydroxylation is 1. The molecule has 0 radical (unpaired) electrons. The van der Waals surface area contributed by atoms with Crippen molar-refractivity contribution in [2.75, 3.05) is 5.43 Å². The Balaban J connectivity index is 2.13. The molecular formula is C8H10N6S2. The van der Waals surface area contributed by atoms with Gasteiger partial charge in [-0.2, -0.15) is 4.37 Å². The van der Waals surface area contributed by atoms with Crippen LogP contribution >= 0.6 is 23.3 Å². The highest BCUT2D eigenvalue weighted by molar-refractivity contribution is 8.00. The SMILES string of the molecule is CCc1nsc(Sc2cncc(NN)n2)n1. The van der Waals surface area contributed by atoms with Crippen molar-refractivity contribution in [2.24, 2.45) is 5.84 Å². The van der Waals surface area contributed by atoms with Crippen LogP contribution in [0.5, 0.6) is 0 Å². The molecule has 2 rings (SSSR count). The Bertz CT molecular complexity index is 471. The normalized spacial score (nSPS) is 10.4. The van der Waals surface area contributed by atoms with E-state index >= 15 is 0 Å². The molecule has 6 nitrogen and oxygen atoms in total. The number of nitrogen functional groups attached to an aromatic ring is 1. The van der Waals surface area contributed by atoms with Crippen LogP contribution in [0.4, 0.5) is 5.82 Å². The molecule has 0 atom stereocenters. The Labute approximate surface area is 101 Å². The zero-order chi connectivity index (χ0) is 11.4. The summed E-state index contributed by atoms with van der Waals surface area (Å²) in [4.78, 5) is 12.6. The quantitative estimate of drug-likeness (QED) is 0.628. The summed E-state index contributed by atoms with van der Waals surface area (Å²) in [6.45, 7) is 2.02. The van der Waals surface area contributed by atoms with Crippen molar-refractivity contribution in [3.8, 4) is 0 Å². The predicted octanol–water partition coefficient (Wildman–Crippen LogP) is 1.33. The average Bonchev–Trinajstić information content (AvgIpc) is 2.77. The standard InChI is InChI=1S/C8H10N6S2/c1-2-5-12-8(16-14-5)15-7-4-10-3-6(11-7)13-9/h3-4H,2,9H2,1H3,(H,11,13). The molecule has 0 aromatic carbocycles. The van der Waals surface area contributed by atoms with Gasteiger partial charge in [0.15, 0.2) is 10.2 Å². The lowest BCUT2D eigenvalue weighted by atomic mass is 10.5. The van der Waals surface area contributed by atoms with Crippen LogP contribution in [0, 0.1) is 0 Å². The van der Waals surface area contributed by atoms with E-state index in [1.807, 2.05) is 6.92 Å². The van der Waals surface area contributed by atoms with Crippen LogP contribution in [0.3, 0.4) is 0 Å². The summed E-state index contributed by atoms with van der Waals surface area (Å²) in [5.41, 5.74) is 2.45. The summed E-state index contributed by atoms with van der Waals surface area (Å²) in [7, 11) is 0. The summed E-state index contributed by atoms with van der Waals surface area (Å²) < 4.78 is 5.06. The third kappa shape index (κ3) is 2.65. The topological polar surface area (TPSA) is 89.6 Å². The highest BCUT2D eigenvalue weighted by Crippen LogP contribution is 2.27. The van der Waals surface area contributed by atoms with E-state index in [9.17, 15) is 0 Å². The number of hydrazine groups is 1. The lowest BCUT2D eigenvalue weighted by Gasteiger charge is -1.99. The van der Waals surface area contributed by atoms with E-state index in [0.29, 0.717) is 5.82 Å². The van der Waals surface area contributed by atoms with E-state index in [1.54, 1.807) is 12.4 Å². The van der Waals surface area contributed by atoms with Gasteiger partial charge in [-0.15, -0.1) is 0 Å². The Hall–Kier alpha value is -1.25. The number of hydrogen-bond donors (Lipinski definition) is 2. The van der Waals surface area contributed by atoms with Gasteiger partial charge in [-0.05, 0) is 23.3 Å². The Morgan fingerprint density at radius 3 is 3.00 bits per heavy atom. The average molecular weight is 254 g/mol. The number of anilines is 1. The number of nitrogens with two attached hydrogens (primary N) is 1. The first-order valence-corrected chi connectivity index (χ1v) is 6.20. The fraction of sp³-hybridized carbons (Fsp3) is 0.250. The second kappa shape index (κ2) is 5.19. The minimum Gasteiger partial charge on any atom is -0.307 e. The van der Waals surface area contributed by atoms with Crippen LogP contribution in [-0.4, -0.2) is 19.3 Å². The molecule has 3 N–H and O–H groups in total. The molecule has 0 aliphatic heterocycles. The van der Waals surface area contributed by atoms with Gasteiger partial charge in [0.1, 0.15) is 10.9 Å². The maximum absolute atomic E-state index is 5.25. The van der Waals surface area contributed by atoms with Crippen LogP contribution in [0.2, 0.25) is 0 Å². The van der Waals surface area contributed by atoms with E-state index in [4.69, 9.17) is 5.84 Å². The molecule has 0 bridgehead atoms. The van der Waals surface area contributed by atoms with Gasteiger partial charge in [0.05, 0.1) is 12.4 Å². The van der Waals surface area contributed by atoms with E-state index in [2.05, 4.69) is 24.8 Å². The molecule has 16 heavy (non-hydrogen) atoms. The Morgan fingerprint density at radius 2 is 2.31 bits per heavy atom. The summed E-state index contributed by atoms with van der Waals surface area (Å²) in [6, 6.07) is 0. The van der Waals surface area contributed by atoms with Crippen molar-refractivity contribution in [3.05, 3.63) is 18.2 Å². The third-order valence-corrected chi connectivity index (χ3v) is 3.41. The van der Waals surface area contributed by atoms with E-state index in [-0.39, 0.29) is 0 Å². The van der Waals surface area contributed by atoms with Crippen LogP contribution in [0.25, 0.3) is 0 Å². The molecule has 0 saturated carbocycles. The molecule has 0 saturated heterocycles. The van der Waals surface area contributed by atoms with Crippen molar-refractivity contribution >= 4 is 29.1 Å². The lowest BCUT2D eigenvalue weighted by Crippen LogP contribution is -2.08. The first kappa shape index (κ1) is 11.2.